The second kappa shape index (κ2) is 9.12. The van der Waals surface area contributed by atoms with Gasteiger partial charge in [0.2, 0.25) is 5.95 Å². The van der Waals surface area contributed by atoms with E-state index >= 15 is 0 Å². The summed E-state index contributed by atoms with van der Waals surface area (Å²) in [7, 11) is 0. The predicted molar refractivity (Wildman–Crippen MR) is 92.9 cm³/mol. The first-order chi connectivity index (χ1) is 12.1. The number of hydrogen-bond acceptors (Lipinski definition) is 6. The van der Waals surface area contributed by atoms with Gasteiger partial charge in [-0.05, 0) is 17.7 Å². The van der Waals surface area contributed by atoms with Crippen molar-refractivity contribution in [3.05, 3.63) is 30.5 Å². The molecule has 0 unspecified atom stereocenters. The van der Waals surface area contributed by atoms with E-state index in [0.717, 1.165) is 18.7 Å². The van der Waals surface area contributed by atoms with Gasteiger partial charge in [-0.3, -0.25) is 0 Å². The third-order valence-electron chi connectivity index (χ3n) is 3.49. The molecule has 0 radical (unpaired) electrons. The maximum absolute atomic E-state index is 12.2. The molecule has 1 aliphatic heterocycles. The molecule has 2 N–H and O–H groups in total. The zero-order chi connectivity index (χ0) is 18.2. The fourth-order valence-electron chi connectivity index (χ4n) is 2.34. The third kappa shape index (κ3) is 4.99. The molecular weight excluding hydrogens is 330 g/mol. The second-order valence-electron chi connectivity index (χ2n) is 4.97. The summed E-state index contributed by atoms with van der Waals surface area (Å²) in [6, 6.07) is 6.19. The normalized spacial score (nSPS) is 14.0. The lowest BCUT2D eigenvalue weighted by Crippen LogP contribution is -2.37. The minimum atomic E-state index is -2.85. The fraction of sp³-hybridized carbons (Fsp3) is 0.412. The van der Waals surface area contributed by atoms with E-state index in [9.17, 15) is 8.78 Å². The molecule has 136 valence electrons. The summed E-state index contributed by atoms with van der Waals surface area (Å²) in [5.74, 6) is 0.990. The smallest absolute Gasteiger partial charge is 0.387 e. The number of aromatic nitrogens is 2. The van der Waals surface area contributed by atoms with Gasteiger partial charge in [-0.25, -0.2) is 4.98 Å². The van der Waals surface area contributed by atoms with Crippen molar-refractivity contribution in [3.8, 4) is 16.9 Å². The Morgan fingerprint density at radius 2 is 1.80 bits per heavy atom. The number of nitrogen functional groups attached to an aromatic ring is 1. The summed E-state index contributed by atoms with van der Waals surface area (Å²) < 4.78 is 33.9. The van der Waals surface area contributed by atoms with Crippen LogP contribution in [0.15, 0.2) is 30.5 Å². The van der Waals surface area contributed by atoms with E-state index in [0.29, 0.717) is 30.5 Å². The molecule has 1 fully saturated rings. The molecular formula is C17H22F2N4O2. The monoisotopic (exact) mass is 352 g/mol. The fourth-order valence-corrected chi connectivity index (χ4v) is 2.34. The first kappa shape index (κ1) is 18.9. The molecule has 0 spiro atoms. The molecule has 3 rings (SSSR count). The van der Waals surface area contributed by atoms with E-state index in [1.54, 1.807) is 18.3 Å². The zero-order valence-electron chi connectivity index (χ0n) is 14.3. The number of alkyl halides is 2. The molecule has 1 aromatic carbocycles. The van der Waals surface area contributed by atoms with Crippen LogP contribution in [0.3, 0.4) is 0 Å². The molecule has 1 aromatic heterocycles. The summed E-state index contributed by atoms with van der Waals surface area (Å²) in [6.45, 7) is 3.87. The summed E-state index contributed by atoms with van der Waals surface area (Å²) in [4.78, 5) is 10.7. The number of halogens is 2. The number of rotatable bonds is 4. The Hall–Kier alpha value is -2.48. The minimum absolute atomic E-state index is 0.0909. The van der Waals surface area contributed by atoms with E-state index in [-0.39, 0.29) is 5.75 Å². The largest absolute Gasteiger partial charge is 0.435 e. The molecule has 6 nitrogen and oxygen atoms in total. The van der Waals surface area contributed by atoms with Crippen LogP contribution in [0.2, 0.25) is 0 Å². The van der Waals surface area contributed by atoms with E-state index in [1.807, 2.05) is 18.7 Å². The number of anilines is 2. The van der Waals surface area contributed by atoms with E-state index < -0.39 is 6.61 Å². The Balaban J connectivity index is 0.00000109. The molecule has 2 heterocycles. The molecule has 25 heavy (non-hydrogen) atoms. The standard InChI is InChI=1S/C15H16F2N4O2.C2H6/c16-14(17)23-11-3-1-10(2-4-11)12-9-19-15(20-13(12)18)21-5-7-22-8-6-21;1-2/h1-4,9,14H,5-8H2,(H2,18,19,20);1-2H3. The van der Waals surface area contributed by atoms with Crippen LogP contribution >= 0.6 is 0 Å². The number of ether oxygens (including phenoxy) is 2. The third-order valence-corrected chi connectivity index (χ3v) is 3.49. The summed E-state index contributed by atoms with van der Waals surface area (Å²) in [5.41, 5.74) is 7.40. The van der Waals surface area contributed by atoms with Crippen LogP contribution in [0.25, 0.3) is 11.1 Å². The van der Waals surface area contributed by atoms with Crippen LogP contribution in [0, 0.1) is 0 Å². The summed E-state index contributed by atoms with van der Waals surface area (Å²) in [6.07, 6.45) is 1.64. The lowest BCUT2D eigenvalue weighted by Gasteiger charge is -2.26. The Bertz CT molecular complexity index is 662. The van der Waals surface area contributed by atoms with Crippen molar-refractivity contribution in [2.24, 2.45) is 0 Å². The quantitative estimate of drug-likeness (QED) is 0.911. The minimum Gasteiger partial charge on any atom is -0.435 e. The van der Waals surface area contributed by atoms with E-state index in [4.69, 9.17) is 10.5 Å². The molecule has 1 saturated heterocycles. The lowest BCUT2D eigenvalue weighted by atomic mass is 10.1. The van der Waals surface area contributed by atoms with Crippen molar-refractivity contribution in [2.45, 2.75) is 20.5 Å². The Kier molecular flexibility index (Phi) is 6.88. The van der Waals surface area contributed by atoms with Gasteiger partial charge in [-0.15, -0.1) is 0 Å². The highest BCUT2D eigenvalue weighted by molar-refractivity contribution is 5.74. The van der Waals surface area contributed by atoms with Crippen molar-refractivity contribution in [1.29, 1.82) is 0 Å². The maximum Gasteiger partial charge on any atom is 0.387 e. The van der Waals surface area contributed by atoms with Crippen LogP contribution < -0.4 is 15.4 Å². The molecule has 1 aliphatic rings. The van der Waals surface area contributed by atoms with Gasteiger partial charge in [0.1, 0.15) is 11.6 Å². The van der Waals surface area contributed by atoms with Crippen LogP contribution in [0.5, 0.6) is 5.75 Å². The number of nitrogens with two attached hydrogens (primary N) is 1. The zero-order valence-corrected chi connectivity index (χ0v) is 14.3. The molecule has 0 amide bonds. The van der Waals surface area contributed by atoms with Crippen LogP contribution in [0.1, 0.15) is 13.8 Å². The van der Waals surface area contributed by atoms with Gasteiger partial charge < -0.3 is 20.1 Å². The van der Waals surface area contributed by atoms with Gasteiger partial charge in [0, 0.05) is 24.8 Å². The first-order valence-electron chi connectivity index (χ1n) is 8.14. The average molecular weight is 352 g/mol. The molecule has 2 aromatic rings. The SMILES string of the molecule is CC.Nc1nc(N2CCOCC2)ncc1-c1ccc(OC(F)F)cc1. The molecule has 8 heteroatoms. The average Bonchev–Trinajstić information content (AvgIpc) is 2.64. The van der Waals surface area contributed by atoms with Crippen LogP contribution in [-0.2, 0) is 4.74 Å². The predicted octanol–water partition coefficient (Wildman–Crippen LogP) is 3.19. The molecule has 0 atom stereocenters. The Morgan fingerprint density at radius 3 is 2.36 bits per heavy atom. The number of hydrogen-bond donors (Lipinski definition) is 1. The Morgan fingerprint density at radius 1 is 1.16 bits per heavy atom. The van der Waals surface area contributed by atoms with Gasteiger partial charge in [0.05, 0.1) is 13.2 Å². The van der Waals surface area contributed by atoms with E-state index in [1.165, 1.54) is 12.1 Å². The van der Waals surface area contributed by atoms with Crippen molar-refractivity contribution in [2.75, 3.05) is 36.9 Å². The van der Waals surface area contributed by atoms with Gasteiger partial charge in [-0.2, -0.15) is 13.8 Å². The van der Waals surface area contributed by atoms with Crippen LogP contribution in [-0.4, -0.2) is 42.9 Å². The summed E-state index contributed by atoms with van der Waals surface area (Å²) in [5, 5.41) is 0. The maximum atomic E-state index is 12.2. The van der Waals surface area contributed by atoms with Crippen molar-refractivity contribution < 1.29 is 18.3 Å². The van der Waals surface area contributed by atoms with Crippen molar-refractivity contribution in [1.82, 2.24) is 9.97 Å². The van der Waals surface area contributed by atoms with Gasteiger partial charge >= 0.3 is 6.61 Å². The number of benzene rings is 1. The van der Waals surface area contributed by atoms with Crippen molar-refractivity contribution in [3.63, 3.8) is 0 Å². The number of morpholine rings is 1. The van der Waals surface area contributed by atoms with Gasteiger partial charge in [-0.1, -0.05) is 26.0 Å². The van der Waals surface area contributed by atoms with Crippen LogP contribution in [0.4, 0.5) is 20.5 Å². The van der Waals surface area contributed by atoms with Crippen molar-refractivity contribution >= 4 is 11.8 Å². The number of nitrogens with zero attached hydrogens (tertiary/aromatic N) is 3. The van der Waals surface area contributed by atoms with Gasteiger partial charge in [0.25, 0.3) is 0 Å². The molecule has 0 aliphatic carbocycles. The lowest BCUT2D eigenvalue weighted by molar-refractivity contribution is -0.0498. The second-order valence-corrected chi connectivity index (χ2v) is 4.97. The Labute approximate surface area is 145 Å². The highest BCUT2D eigenvalue weighted by Crippen LogP contribution is 2.27. The highest BCUT2D eigenvalue weighted by atomic mass is 19.3. The molecule has 0 bridgehead atoms. The topological polar surface area (TPSA) is 73.5 Å². The van der Waals surface area contributed by atoms with E-state index in [2.05, 4.69) is 14.7 Å². The summed E-state index contributed by atoms with van der Waals surface area (Å²) >= 11 is 0. The van der Waals surface area contributed by atoms with Gasteiger partial charge in [0.15, 0.2) is 0 Å². The molecule has 0 saturated carbocycles. The first-order valence-corrected chi connectivity index (χ1v) is 8.14. The highest BCUT2D eigenvalue weighted by Gasteiger charge is 2.15.